The van der Waals surface area contributed by atoms with Crippen molar-refractivity contribution in [3.63, 3.8) is 0 Å². The number of imidazole rings is 1. The lowest BCUT2D eigenvalue weighted by Crippen LogP contribution is -2.08. The van der Waals surface area contributed by atoms with E-state index in [2.05, 4.69) is 20.9 Å². The molecule has 0 radical (unpaired) electrons. The summed E-state index contributed by atoms with van der Waals surface area (Å²) in [5.74, 6) is 0.166. The lowest BCUT2D eigenvalue weighted by molar-refractivity contribution is -0.141. The van der Waals surface area contributed by atoms with Gasteiger partial charge in [-0.2, -0.15) is 13.2 Å². The third-order valence-corrected chi connectivity index (χ3v) is 3.76. The second-order valence-electron chi connectivity index (χ2n) is 4.13. The van der Waals surface area contributed by atoms with Crippen LogP contribution in [0.2, 0.25) is 5.02 Å². The van der Waals surface area contributed by atoms with E-state index in [4.69, 9.17) is 16.3 Å². The molecule has 0 saturated carbocycles. The molecule has 3 nitrogen and oxygen atoms in total. The molecule has 0 unspecified atom stereocenters. The Morgan fingerprint density at radius 1 is 1.29 bits per heavy atom. The molecule has 0 atom stereocenters. The topological polar surface area (TPSA) is 27.1 Å². The second-order valence-corrected chi connectivity index (χ2v) is 5.32. The van der Waals surface area contributed by atoms with E-state index in [1.54, 1.807) is 31.2 Å². The van der Waals surface area contributed by atoms with Gasteiger partial charge in [0.15, 0.2) is 5.69 Å². The minimum Gasteiger partial charge on any atom is -0.361 e. The van der Waals surface area contributed by atoms with Crippen LogP contribution in [-0.2, 0) is 17.6 Å². The Bertz CT molecular complexity index is 626. The highest BCUT2D eigenvalue weighted by atomic mass is 79.9. The van der Waals surface area contributed by atoms with E-state index in [1.807, 2.05) is 0 Å². The van der Waals surface area contributed by atoms with Crippen LogP contribution in [-0.4, -0.2) is 16.2 Å². The van der Waals surface area contributed by atoms with E-state index in [0.717, 1.165) is 0 Å². The van der Waals surface area contributed by atoms with E-state index < -0.39 is 11.9 Å². The van der Waals surface area contributed by atoms with Gasteiger partial charge in [0.05, 0.1) is 0 Å². The summed E-state index contributed by atoms with van der Waals surface area (Å²) in [6.45, 7) is 2.11. The maximum absolute atomic E-state index is 13.0. The van der Waals surface area contributed by atoms with Gasteiger partial charge in [0.2, 0.25) is 0 Å². The molecule has 0 spiro atoms. The molecule has 0 amide bonds. The Morgan fingerprint density at radius 2 is 1.90 bits per heavy atom. The van der Waals surface area contributed by atoms with Crippen LogP contribution in [0.4, 0.5) is 13.2 Å². The highest BCUT2D eigenvalue weighted by Gasteiger charge is 2.38. The van der Waals surface area contributed by atoms with Crippen molar-refractivity contribution in [1.29, 1.82) is 0 Å². The van der Waals surface area contributed by atoms with Gasteiger partial charge >= 0.3 is 6.18 Å². The number of hydrogen-bond acceptors (Lipinski definition) is 2. The zero-order chi connectivity index (χ0) is 15.6. The predicted octanol–water partition coefficient (Wildman–Crippen LogP) is 4.98. The number of ether oxygens (including phenoxy) is 1. The molecule has 0 bridgehead atoms. The fraction of sp³-hybridized carbons (Fsp3) is 0.308. The maximum Gasteiger partial charge on any atom is 0.436 e. The van der Waals surface area contributed by atoms with Crippen LogP contribution in [0.15, 0.2) is 28.9 Å². The van der Waals surface area contributed by atoms with E-state index in [1.165, 1.54) is 4.57 Å². The molecule has 0 aliphatic heterocycles. The third kappa shape index (κ3) is 3.59. The molecular formula is C13H11BrClF3N2O. The Labute approximate surface area is 132 Å². The fourth-order valence-corrected chi connectivity index (χ4v) is 2.44. The van der Waals surface area contributed by atoms with Gasteiger partial charge in [0.1, 0.15) is 17.2 Å². The Morgan fingerprint density at radius 3 is 2.43 bits per heavy atom. The van der Waals surface area contributed by atoms with Gasteiger partial charge in [0, 0.05) is 17.2 Å². The summed E-state index contributed by atoms with van der Waals surface area (Å²) in [5.41, 5.74) is -0.456. The molecule has 1 heterocycles. The van der Waals surface area contributed by atoms with Gasteiger partial charge in [-0.15, -0.1) is 0 Å². The van der Waals surface area contributed by atoms with Crippen molar-refractivity contribution in [2.24, 2.45) is 0 Å². The van der Waals surface area contributed by atoms with Crippen molar-refractivity contribution in [3.05, 3.63) is 39.6 Å². The number of aromatic nitrogens is 2. The summed E-state index contributed by atoms with van der Waals surface area (Å²) in [6, 6.07) is 6.41. The highest BCUT2D eigenvalue weighted by Crippen LogP contribution is 2.37. The van der Waals surface area contributed by atoms with Crippen molar-refractivity contribution in [1.82, 2.24) is 9.55 Å². The Balaban J connectivity index is 2.55. The highest BCUT2D eigenvalue weighted by molar-refractivity contribution is 9.10. The second kappa shape index (κ2) is 6.37. The van der Waals surface area contributed by atoms with Gasteiger partial charge in [-0.05, 0) is 47.1 Å². The number of halogens is 5. The molecule has 0 aliphatic carbocycles. The number of benzene rings is 1. The molecule has 2 aromatic rings. The number of hydrogen-bond donors (Lipinski definition) is 0. The van der Waals surface area contributed by atoms with Crippen molar-refractivity contribution < 1.29 is 17.9 Å². The van der Waals surface area contributed by atoms with Crippen LogP contribution >= 0.6 is 27.5 Å². The number of nitrogens with zero attached hydrogens (tertiary/aromatic N) is 2. The maximum atomic E-state index is 13.0. The van der Waals surface area contributed by atoms with Crippen LogP contribution in [0.5, 0.6) is 0 Å². The summed E-state index contributed by atoms with van der Waals surface area (Å²) in [5, 5.41) is 0.497. The first-order chi connectivity index (χ1) is 9.84. The number of rotatable bonds is 4. The lowest BCUT2D eigenvalue weighted by Gasteiger charge is -2.09. The third-order valence-electron chi connectivity index (χ3n) is 2.70. The van der Waals surface area contributed by atoms with Gasteiger partial charge in [-0.1, -0.05) is 11.6 Å². The molecule has 8 heteroatoms. The molecule has 0 fully saturated rings. The Hall–Kier alpha value is -1.05. The molecule has 0 aliphatic rings. The average molecular weight is 384 g/mol. The van der Waals surface area contributed by atoms with Crippen molar-refractivity contribution in [3.8, 4) is 11.4 Å². The van der Waals surface area contributed by atoms with Gasteiger partial charge < -0.3 is 4.74 Å². The standard InChI is InChI=1S/C13H11BrClF3N2O/c1-2-21-7-20-11(14)10(13(16,17)18)19-12(20)8-3-5-9(15)6-4-8/h3-6H,2,7H2,1H3. The summed E-state index contributed by atoms with van der Waals surface area (Å²) in [7, 11) is 0. The van der Waals surface area contributed by atoms with Gasteiger partial charge in [-0.25, -0.2) is 4.98 Å². The smallest absolute Gasteiger partial charge is 0.361 e. The molecule has 21 heavy (non-hydrogen) atoms. The van der Waals surface area contributed by atoms with Gasteiger partial charge in [-0.3, -0.25) is 4.57 Å². The average Bonchev–Trinajstić information content (AvgIpc) is 2.74. The van der Waals surface area contributed by atoms with E-state index in [-0.39, 0.29) is 17.2 Å². The van der Waals surface area contributed by atoms with Crippen molar-refractivity contribution in [2.75, 3.05) is 6.61 Å². The zero-order valence-corrected chi connectivity index (χ0v) is 13.3. The predicted molar refractivity (Wildman–Crippen MR) is 77.0 cm³/mol. The van der Waals surface area contributed by atoms with Crippen LogP contribution in [0, 0.1) is 0 Å². The molecular weight excluding hydrogens is 373 g/mol. The minimum absolute atomic E-state index is 0.0296. The quantitative estimate of drug-likeness (QED) is 0.744. The fourth-order valence-electron chi connectivity index (χ4n) is 1.73. The van der Waals surface area contributed by atoms with Crippen molar-refractivity contribution in [2.45, 2.75) is 19.8 Å². The SMILES string of the molecule is CCOCn1c(-c2ccc(Cl)cc2)nc(C(F)(F)F)c1Br. The number of alkyl halides is 3. The first-order valence-electron chi connectivity index (χ1n) is 6.01. The Kier molecular flexibility index (Phi) is 4.95. The minimum atomic E-state index is -4.54. The van der Waals surface area contributed by atoms with Crippen LogP contribution in [0.1, 0.15) is 12.6 Å². The lowest BCUT2D eigenvalue weighted by atomic mass is 10.2. The molecule has 0 saturated heterocycles. The van der Waals surface area contributed by atoms with E-state index in [9.17, 15) is 13.2 Å². The summed E-state index contributed by atoms with van der Waals surface area (Å²) >= 11 is 8.74. The largest absolute Gasteiger partial charge is 0.436 e. The summed E-state index contributed by atoms with van der Waals surface area (Å²) in [4.78, 5) is 3.70. The van der Waals surface area contributed by atoms with E-state index in [0.29, 0.717) is 17.2 Å². The molecule has 1 aromatic carbocycles. The van der Waals surface area contributed by atoms with Gasteiger partial charge in [0.25, 0.3) is 0 Å². The summed E-state index contributed by atoms with van der Waals surface area (Å²) < 4.78 is 45.3. The zero-order valence-electron chi connectivity index (χ0n) is 10.9. The van der Waals surface area contributed by atoms with Crippen molar-refractivity contribution >= 4 is 27.5 Å². The normalized spacial score (nSPS) is 11.9. The molecule has 2 rings (SSSR count). The van der Waals surface area contributed by atoms with E-state index >= 15 is 0 Å². The van der Waals surface area contributed by atoms with Crippen LogP contribution in [0.3, 0.4) is 0 Å². The first-order valence-corrected chi connectivity index (χ1v) is 7.18. The molecule has 1 aromatic heterocycles. The first kappa shape index (κ1) is 16.3. The summed E-state index contributed by atoms with van der Waals surface area (Å²) in [6.07, 6.45) is -4.54. The molecule has 0 N–H and O–H groups in total. The monoisotopic (exact) mass is 382 g/mol. The molecule has 114 valence electrons. The van der Waals surface area contributed by atoms with Crippen LogP contribution in [0.25, 0.3) is 11.4 Å². The van der Waals surface area contributed by atoms with Crippen LogP contribution < -0.4 is 0 Å².